The number of benzene rings is 1. The summed E-state index contributed by atoms with van der Waals surface area (Å²) in [6, 6.07) is 12.8. The Kier molecular flexibility index (Phi) is 4.14. The van der Waals surface area contributed by atoms with Gasteiger partial charge in [0.2, 0.25) is 0 Å². The summed E-state index contributed by atoms with van der Waals surface area (Å²) < 4.78 is 2.47. The third-order valence-electron chi connectivity index (χ3n) is 5.24. The third-order valence-corrected chi connectivity index (χ3v) is 5.24. The molecule has 0 bridgehead atoms. The van der Waals surface area contributed by atoms with Crippen molar-refractivity contribution in [1.82, 2.24) is 19.0 Å². The van der Waals surface area contributed by atoms with Crippen LogP contribution in [0.15, 0.2) is 52.1 Å². The van der Waals surface area contributed by atoms with E-state index in [2.05, 4.69) is 4.98 Å². The predicted octanol–water partition coefficient (Wildman–Crippen LogP) is 1.26. The van der Waals surface area contributed by atoms with Crippen molar-refractivity contribution in [3.05, 3.63) is 74.6 Å². The van der Waals surface area contributed by atoms with Crippen LogP contribution in [0.3, 0.4) is 0 Å². The molecule has 4 rings (SSSR count). The number of carbonyl (C=O) groups is 1. The third kappa shape index (κ3) is 2.85. The van der Waals surface area contributed by atoms with Crippen molar-refractivity contribution in [3.63, 3.8) is 0 Å². The van der Waals surface area contributed by atoms with E-state index in [1.807, 2.05) is 41.3 Å². The van der Waals surface area contributed by atoms with Crippen LogP contribution in [-0.2, 0) is 14.1 Å². The number of nitrogens with zero attached hydrogens (tertiary/aromatic N) is 4. The van der Waals surface area contributed by atoms with Crippen molar-refractivity contribution >= 4 is 16.9 Å². The monoisotopic (exact) mass is 364 g/mol. The molecule has 0 unspecified atom stereocenters. The molecule has 0 radical (unpaired) electrons. The molecule has 1 amide bonds. The van der Waals surface area contributed by atoms with Gasteiger partial charge < -0.3 is 4.90 Å². The summed E-state index contributed by atoms with van der Waals surface area (Å²) in [7, 11) is 3.07. The van der Waals surface area contributed by atoms with Gasteiger partial charge in [0.05, 0.1) is 5.39 Å². The zero-order valence-corrected chi connectivity index (χ0v) is 15.3. The number of rotatable bonds is 2. The lowest BCUT2D eigenvalue weighted by atomic mass is 10.0. The van der Waals surface area contributed by atoms with Gasteiger partial charge in [0, 0.05) is 44.4 Å². The van der Waals surface area contributed by atoms with Gasteiger partial charge in [-0.25, -0.2) is 9.78 Å². The zero-order valence-electron chi connectivity index (χ0n) is 15.3. The number of carbonyl (C=O) groups excluding carboxylic acids is 1. The molecule has 1 saturated heterocycles. The summed E-state index contributed by atoms with van der Waals surface area (Å²) in [4.78, 5) is 43.5. The van der Waals surface area contributed by atoms with Crippen LogP contribution < -0.4 is 11.2 Å². The highest BCUT2D eigenvalue weighted by molar-refractivity contribution is 5.94. The van der Waals surface area contributed by atoms with E-state index in [0.29, 0.717) is 29.7 Å². The van der Waals surface area contributed by atoms with Gasteiger partial charge in [0.1, 0.15) is 5.65 Å². The largest absolute Gasteiger partial charge is 0.338 e. The fourth-order valence-corrected chi connectivity index (χ4v) is 3.65. The van der Waals surface area contributed by atoms with Gasteiger partial charge in [-0.2, -0.15) is 0 Å². The van der Waals surface area contributed by atoms with Crippen LogP contribution in [0, 0.1) is 0 Å². The number of hydrogen-bond acceptors (Lipinski definition) is 4. The SMILES string of the molecule is Cn1c(=O)c2ccc([C@@H]3CCN(C(=O)c4ccccc4)C3)nc2n(C)c1=O. The van der Waals surface area contributed by atoms with Crippen molar-refractivity contribution in [2.24, 2.45) is 14.1 Å². The lowest BCUT2D eigenvalue weighted by molar-refractivity contribution is 0.0790. The molecule has 1 fully saturated rings. The van der Waals surface area contributed by atoms with Gasteiger partial charge >= 0.3 is 5.69 Å². The summed E-state index contributed by atoms with van der Waals surface area (Å²) in [6.07, 6.45) is 0.801. The van der Waals surface area contributed by atoms with E-state index in [0.717, 1.165) is 16.7 Å². The predicted molar refractivity (Wildman–Crippen MR) is 102 cm³/mol. The Morgan fingerprint density at radius 2 is 1.78 bits per heavy atom. The molecular formula is C20H20N4O3. The van der Waals surface area contributed by atoms with Gasteiger partial charge in [0.25, 0.3) is 11.5 Å². The van der Waals surface area contributed by atoms with Crippen LogP contribution in [0.25, 0.3) is 11.0 Å². The van der Waals surface area contributed by atoms with Crippen molar-refractivity contribution in [3.8, 4) is 0 Å². The molecule has 138 valence electrons. The molecule has 1 atom stereocenters. The molecule has 0 aliphatic carbocycles. The maximum atomic E-state index is 12.6. The quantitative estimate of drug-likeness (QED) is 0.686. The molecule has 1 aliphatic heterocycles. The standard InChI is InChI=1S/C20H20N4O3/c1-22-17-15(19(26)23(2)20(22)27)8-9-16(21-17)14-10-11-24(12-14)18(25)13-6-4-3-5-7-13/h3-9,14H,10-12H2,1-2H3/t14-/m1/s1. The van der Waals surface area contributed by atoms with E-state index in [4.69, 9.17) is 0 Å². The number of amides is 1. The molecule has 27 heavy (non-hydrogen) atoms. The second-order valence-electron chi connectivity index (χ2n) is 6.92. The average Bonchev–Trinajstić information content (AvgIpc) is 3.20. The van der Waals surface area contributed by atoms with E-state index in [-0.39, 0.29) is 17.4 Å². The van der Waals surface area contributed by atoms with Crippen LogP contribution in [0.4, 0.5) is 0 Å². The summed E-state index contributed by atoms with van der Waals surface area (Å²) in [5.74, 6) is 0.0985. The molecule has 1 aromatic carbocycles. The molecule has 0 saturated carbocycles. The Morgan fingerprint density at radius 3 is 2.52 bits per heavy atom. The Labute approximate surface area is 155 Å². The minimum absolute atomic E-state index is 0.0140. The normalized spacial score (nSPS) is 16.8. The minimum Gasteiger partial charge on any atom is -0.338 e. The second kappa shape index (κ2) is 6.50. The maximum absolute atomic E-state index is 12.6. The number of pyridine rings is 1. The number of hydrogen-bond donors (Lipinski definition) is 0. The molecule has 0 N–H and O–H groups in total. The van der Waals surface area contributed by atoms with Gasteiger partial charge in [-0.1, -0.05) is 18.2 Å². The summed E-state index contributed by atoms with van der Waals surface area (Å²) in [5, 5.41) is 0.415. The van der Waals surface area contributed by atoms with Crippen molar-refractivity contribution < 1.29 is 4.79 Å². The maximum Gasteiger partial charge on any atom is 0.332 e. The van der Waals surface area contributed by atoms with Crippen LogP contribution in [0.1, 0.15) is 28.4 Å². The Balaban J connectivity index is 1.65. The van der Waals surface area contributed by atoms with Crippen molar-refractivity contribution in [2.45, 2.75) is 12.3 Å². The van der Waals surface area contributed by atoms with E-state index < -0.39 is 5.69 Å². The molecule has 2 aromatic heterocycles. The molecule has 0 spiro atoms. The Bertz CT molecular complexity index is 1150. The molecular weight excluding hydrogens is 344 g/mol. The lowest BCUT2D eigenvalue weighted by Crippen LogP contribution is -2.37. The van der Waals surface area contributed by atoms with Crippen molar-refractivity contribution in [2.75, 3.05) is 13.1 Å². The van der Waals surface area contributed by atoms with Gasteiger partial charge in [0.15, 0.2) is 0 Å². The molecule has 7 heteroatoms. The number of aromatic nitrogens is 3. The van der Waals surface area contributed by atoms with Crippen LogP contribution in [0.2, 0.25) is 0 Å². The lowest BCUT2D eigenvalue weighted by Gasteiger charge is -2.17. The van der Waals surface area contributed by atoms with Crippen LogP contribution in [-0.4, -0.2) is 38.0 Å². The fraction of sp³-hybridized carbons (Fsp3) is 0.300. The molecule has 1 aliphatic rings. The van der Waals surface area contributed by atoms with Gasteiger partial charge in [-0.05, 0) is 30.7 Å². The van der Waals surface area contributed by atoms with Gasteiger partial charge in [-0.15, -0.1) is 0 Å². The highest BCUT2D eigenvalue weighted by Gasteiger charge is 2.29. The molecule has 3 aromatic rings. The highest BCUT2D eigenvalue weighted by atomic mass is 16.2. The Hall–Kier alpha value is -3.22. The molecule has 7 nitrogen and oxygen atoms in total. The summed E-state index contributed by atoms with van der Waals surface area (Å²) in [6.45, 7) is 1.23. The van der Waals surface area contributed by atoms with Gasteiger partial charge in [-0.3, -0.25) is 18.7 Å². The van der Waals surface area contributed by atoms with Crippen LogP contribution >= 0.6 is 0 Å². The molecule has 3 heterocycles. The number of likely N-dealkylation sites (tertiary alicyclic amines) is 1. The van der Waals surface area contributed by atoms with E-state index in [1.165, 1.54) is 11.6 Å². The smallest absolute Gasteiger partial charge is 0.332 e. The Morgan fingerprint density at radius 1 is 1.04 bits per heavy atom. The number of fused-ring (bicyclic) bond motifs is 1. The zero-order chi connectivity index (χ0) is 19.1. The van der Waals surface area contributed by atoms with E-state index in [1.54, 1.807) is 13.1 Å². The summed E-state index contributed by atoms with van der Waals surface area (Å²) >= 11 is 0. The first-order chi connectivity index (χ1) is 13.0. The first-order valence-corrected chi connectivity index (χ1v) is 8.88. The summed E-state index contributed by atoms with van der Waals surface area (Å²) in [5.41, 5.74) is 1.11. The van der Waals surface area contributed by atoms with Crippen molar-refractivity contribution in [1.29, 1.82) is 0 Å². The number of aryl methyl sites for hydroxylation is 1. The van der Waals surface area contributed by atoms with Crippen LogP contribution in [0.5, 0.6) is 0 Å². The van der Waals surface area contributed by atoms with E-state index in [9.17, 15) is 14.4 Å². The van der Waals surface area contributed by atoms with E-state index >= 15 is 0 Å². The highest BCUT2D eigenvalue weighted by Crippen LogP contribution is 2.27. The topological polar surface area (TPSA) is 77.2 Å². The second-order valence-corrected chi connectivity index (χ2v) is 6.92. The minimum atomic E-state index is -0.399. The average molecular weight is 364 g/mol. The first-order valence-electron chi connectivity index (χ1n) is 8.88. The fourth-order valence-electron chi connectivity index (χ4n) is 3.65. The first kappa shape index (κ1) is 17.2.